The first-order valence-electron chi connectivity index (χ1n) is 7.18. The fourth-order valence-electron chi connectivity index (χ4n) is 2.74. The van der Waals surface area contributed by atoms with Crippen LogP contribution in [0.15, 0.2) is 0 Å². The molecule has 0 bridgehead atoms. The highest BCUT2D eigenvalue weighted by Gasteiger charge is 2.22. The number of nitrogens with one attached hydrogen (secondary N) is 1. The van der Waals surface area contributed by atoms with Crippen molar-refractivity contribution in [1.29, 1.82) is 0 Å². The Balaban J connectivity index is 2.20. The van der Waals surface area contributed by atoms with Crippen LogP contribution in [0.1, 0.15) is 45.4 Å². The van der Waals surface area contributed by atoms with Gasteiger partial charge in [-0.05, 0) is 31.7 Å². The van der Waals surface area contributed by atoms with E-state index >= 15 is 0 Å². The molecule has 3 heteroatoms. The van der Waals surface area contributed by atoms with Crippen LogP contribution in [-0.4, -0.2) is 39.5 Å². The second-order valence-electron chi connectivity index (χ2n) is 4.96. The van der Waals surface area contributed by atoms with Crippen LogP contribution in [0, 0.1) is 5.92 Å². The molecule has 2 atom stereocenters. The third-order valence-electron chi connectivity index (χ3n) is 3.69. The molecule has 0 spiro atoms. The lowest BCUT2D eigenvalue weighted by Crippen LogP contribution is -2.36. The summed E-state index contributed by atoms with van der Waals surface area (Å²) in [5.74, 6) is 0.806. The highest BCUT2D eigenvalue weighted by atomic mass is 16.5. The van der Waals surface area contributed by atoms with Crippen LogP contribution in [0.2, 0.25) is 0 Å². The van der Waals surface area contributed by atoms with Crippen LogP contribution in [-0.2, 0) is 9.47 Å². The molecular weight excluding hydrogens is 214 g/mol. The number of hydrogen-bond donors (Lipinski definition) is 1. The van der Waals surface area contributed by atoms with Crippen molar-refractivity contribution in [2.45, 2.75) is 51.5 Å². The Labute approximate surface area is 106 Å². The molecule has 0 radical (unpaired) electrons. The Bertz CT molecular complexity index is 176. The maximum absolute atomic E-state index is 5.59. The van der Waals surface area contributed by atoms with Gasteiger partial charge in [0, 0.05) is 19.8 Å². The lowest BCUT2D eigenvalue weighted by Gasteiger charge is -2.25. The molecular formula is C14H29NO2. The summed E-state index contributed by atoms with van der Waals surface area (Å²) < 4.78 is 10.6. The minimum atomic E-state index is 0.710. The van der Waals surface area contributed by atoms with E-state index in [4.69, 9.17) is 9.47 Å². The molecule has 17 heavy (non-hydrogen) atoms. The monoisotopic (exact) mass is 243 g/mol. The molecule has 0 aromatic carbocycles. The van der Waals surface area contributed by atoms with E-state index in [1.54, 1.807) is 7.11 Å². The topological polar surface area (TPSA) is 30.5 Å². The van der Waals surface area contributed by atoms with E-state index in [-0.39, 0.29) is 0 Å². The lowest BCUT2D eigenvalue weighted by atomic mass is 9.92. The predicted octanol–water partition coefficient (Wildman–Crippen LogP) is 2.60. The van der Waals surface area contributed by atoms with E-state index in [2.05, 4.69) is 12.2 Å². The predicted molar refractivity (Wildman–Crippen MR) is 71.4 cm³/mol. The minimum absolute atomic E-state index is 0.710. The van der Waals surface area contributed by atoms with E-state index in [0.717, 1.165) is 25.7 Å². The summed E-state index contributed by atoms with van der Waals surface area (Å²) >= 11 is 0. The first kappa shape index (κ1) is 14.9. The molecule has 1 rings (SSSR count). The Morgan fingerprint density at radius 1 is 1.06 bits per heavy atom. The second-order valence-corrected chi connectivity index (χ2v) is 4.96. The summed E-state index contributed by atoms with van der Waals surface area (Å²) in [6.07, 6.45) is 8.09. The molecule has 0 aromatic heterocycles. The molecule has 0 aromatic rings. The molecule has 1 aliphatic rings. The van der Waals surface area contributed by atoms with Crippen molar-refractivity contribution in [2.24, 2.45) is 5.92 Å². The zero-order valence-corrected chi connectivity index (χ0v) is 11.5. The Morgan fingerprint density at radius 2 is 1.88 bits per heavy atom. The molecule has 102 valence electrons. The van der Waals surface area contributed by atoms with E-state index < -0.39 is 0 Å². The largest absolute Gasteiger partial charge is 0.382 e. The zero-order chi connectivity index (χ0) is 12.3. The zero-order valence-electron chi connectivity index (χ0n) is 11.5. The summed E-state index contributed by atoms with van der Waals surface area (Å²) in [6, 6.07) is 0.716. The van der Waals surface area contributed by atoms with Gasteiger partial charge in [-0.25, -0.2) is 0 Å². The van der Waals surface area contributed by atoms with Crippen molar-refractivity contribution >= 4 is 0 Å². The van der Waals surface area contributed by atoms with Gasteiger partial charge >= 0.3 is 0 Å². The molecule has 1 fully saturated rings. The van der Waals surface area contributed by atoms with Crippen LogP contribution < -0.4 is 5.32 Å². The fraction of sp³-hybridized carbons (Fsp3) is 1.00. The first-order chi connectivity index (χ1) is 8.38. The normalized spacial score (nSPS) is 25.8. The van der Waals surface area contributed by atoms with Gasteiger partial charge in [-0.15, -0.1) is 0 Å². The average molecular weight is 243 g/mol. The van der Waals surface area contributed by atoms with Gasteiger partial charge in [0.1, 0.15) is 0 Å². The van der Waals surface area contributed by atoms with Gasteiger partial charge in [-0.2, -0.15) is 0 Å². The SMILES string of the molecule is CCNC1CCCCCC1CCOCCOC. The maximum atomic E-state index is 5.59. The summed E-state index contributed by atoms with van der Waals surface area (Å²) in [5.41, 5.74) is 0. The second kappa shape index (κ2) is 9.86. The van der Waals surface area contributed by atoms with Crippen molar-refractivity contribution in [2.75, 3.05) is 33.5 Å². The minimum Gasteiger partial charge on any atom is -0.382 e. The molecule has 0 amide bonds. The number of hydrogen-bond acceptors (Lipinski definition) is 3. The first-order valence-corrected chi connectivity index (χ1v) is 7.18. The highest BCUT2D eigenvalue weighted by molar-refractivity contribution is 4.79. The molecule has 2 unspecified atom stereocenters. The molecule has 1 N–H and O–H groups in total. The fourth-order valence-corrected chi connectivity index (χ4v) is 2.74. The number of ether oxygens (including phenoxy) is 2. The van der Waals surface area contributed by atoms with Crippen molar-refractivity contribution in [3.8, 4) is 0 Å². The number of rotatable bonds is 8. The Morgan fingerprint density at radius 3 is 2.65 bits per heavy atom. The van der Waals surface area contributed by atoms with Gasteiger partial charge in [0.25, 0.3) is 0 Å². The smallest absolute Gasteiger partial charge is 0.0700 e. The molecule has 0 aliphatic heterocycles. The maximum Gasteiger partial charge on any atom is 0.0700 e. The van der Waals surface area contributed by atoms with Gasteiger partial charge in [-0.1, -0.05) is 26.2 Å². The summed E-state index contributed by atoms with van der Waals surface area (Å²) in [4.78, 5) is 0. The Kier molecular flexibility index (Phi) is 8.67. The van der Waals surface area contributed by atoms with Gasteiger partial charge < -0.3 is 14.8 Å². The van der Waals surface area contributed by atoms with Crippen LogP contribution in [0.5, 0.6) is 0 Å². The summed E-state index contributed by atoms with van der Waals surface area (Å²) in [6.45, 7) is 5.62. The van der Waals surface area contributed by atoms with Crippen LogP contribution >= 0.6 is 0 Å². The lowest BCUT2D eigenvalue weighted by molar-refractivity contribution is 0.0605. The van der Waals surface area contributed by atoms with Crippen LogP contribution in [0.4, 0.5) is 0 Å². The van der Waals surface area contributed by atoms with Crippen molar-refractivity contribution in [1.82, 2.24) is 5.32 Å². The van der Waals surface area contributed by atoms with Gasteiger partial charge in [-0.3, -0.25) is 0 Å². The molecule has 1 saturated carbocycles. The third kappa shape index (κ3) is 6.39. The molecule has 3 nitrogen and oxygen atoms in total. The third-order valence-corrected chi connectivity index (χ3v) is 3.69. The van der Waals surface area contributed by atoms with E-state index in [1.807, 2.05) is 0 Å². The van der Waals surface area contributed by atoms with Crippen molar-refractivity contribution < 1.29 is 9.47 Å². The number of methoxy groups -OCH3 is 1. The summed E-state index contributed by atoms with van der Waals surface area (Å²) in [7, 11) is 1.72. The standard InChI is InChI=1S/C14H29NO2/c1-3-15-14-8-6-4-5-7-13(14)9-10-17-12-11-16-2/h13-15H,3-12H2,1-2H3. The van der Waals surface area contributed by atoms with E-state index in [1.165, 1.54) is 38.5 Å². The van der Waals surface area contributed by atoms with Gasteiger partial charge in [0.05, 0.1) is 13.2 Å². The Hall–Kier alpha value is -0.120. The van der Waals surface area contributed by atoms with Gasteiger partial charge in [0.15, 0.2) is 0 Å². The van der Waals surface area contributed by atoms with E-state index in [0.29, 0.717) is 12.6 Å². The van der Waals surface area contributed by atoms with Crippen molar-refractivity contribution in [3.05, 3.63) is 0 Å². The van der Waals surface area contributed by atoms with Crippen LogP contribution in [0.25, 0.3) is 0 Å². The highest BCUT2D eigenvalue weighted by Crippen LogP contribution is 2.26. The molecule has 1 aliphatic carbocycles. The summed E-state index contributed by atoms with van der Waals surface area (Å²) in [5, 5.41) is 3.65. The van der Waals surface area contributed by atoms with E-state index in [9.17, 15) is 0 Å². The molecule has 0 saturated heterocycles. The van der Waals surface area contributed by atoms with Crippen molar-refractivity contribution in [3.63, 3.8) is 0 Å². The molecule has 0 heterocycles. The average Bonchev–Trinajstić information content (AvgIpc) is 2.55. The quantitative estimate of drug-likeness (QED) is 0.525. The van der Waals surface area contributed by atoms with Crippen LogP contribution in [0.3, 0.4) is 0 Å². The van der Waals surface area contributed by atoms with Gasteiger partial charge in [0.2, 0.25) is 0 Å².